The standard InChI is InChI=1S/C26H35NO3/c1-8-21-18(6)23(15-24(28)30-9-2)25(19(7)22(21)14-16(3)4)27-26(29)20-12-10-17(5)11-13-20/h10-13,16H,8-9,14-15H2,1-7H3,(H,27,29). The quantitative estimate of drug-likeness (QED) is 0.566. The lowest BCUT2D eigenvalue weighted by molar-refractivity contribution is -0.142. The van der Waals surface area contributed by atoms with Gasteiger partial charge >= 0.3 is 5.97 Å². The van der Waals surface area contributed by atoms with Gasteiger partial charge < -0.3 is 10.1 Å². The highest BCUT2D eigenvalue weighted by atomic mass is 16.5. The molecule has 2 aromatic rings. The lowest BCUT2D eigenvalue weighted by atomic mass is 9.84. The summed E-state index contributed by atoms with van der Waals surface area (Å²) in [4.78, 5) is 25.4. The molecule has 0 saturated heterocycles. The second-order valence-corrected chi connectivity index (χ2v) is 8.31. The fraction of sp³-hybridized carbons (Fsp3) is 0.462. The fourth-order valence-electron chi connectivity index (χ4n) is 4.00. The second-order valence-electron chi connectivity index (χ2n) is 8.31. The Morgan fingerprint density at radius 2 is 1.57 bits per heavy atom. The number of carbonyl (C=O) groups is 2. The number of ether oxygens (including phenoxy) is 1. The number of carbonyl (C=O) groups excluding carboxylic acids is 2. The van der Waals surface area contributed by atoms with Crippen LogP contribution >= 0.6 is 0 Å². The third kappa shape index (κ3) is 5.50. The van der Waals surface area contributed by atoms with Crippen LogP contribution in [0.2, 0.25) is 0 Å². The van der Waals surface area contributed by atoms with Crippen LogP contribution in [0.15, 0.2) is 24.3 Å². The third-order valence-corrected chi connectivity index (χ3v) is 5.54. The Kier molecular flexibility index (Phi) is 8.22. The maximum absolute atomic E-state index is 13.0. The zero-order valence-corrected chi connectivity index (χ0v) is 19.4. The van der Waals surface area contributed by atoms with Crippen molar-refractivity contribution in [3.05, 3.63) is 63.2 Å². The van der Waals surface area contributed by atoms with Crippen LogP contribution in [-0.4, -0.2) is 18.5 Å². The van der Waals surface area contributed by atoms with Crippen LogP contribution in [0.1, 0.15) is 71.4 Å². The van der Waals surface area contributed by atoms with Crippen LogP contribution in [0.4, 0.5) is 5.69 Å². The molecule has 4 heteroatoms. The molecule has 0 fully saturated rings. The Morgan fingerprint density at radius 1 is 0.933 bits per heavy atom. The highest BCUT2D eigenvalue weighted by Crippen LogP contribution is 2.34. The highest BCUT2D eigenvalue weighted by Gasteiger charge is 2.23. The van der Waals surface area contributed by atoms with Gasteiger partial charge in [0.05, 0.1) is 13.0 Å². The van der Waals surface area contributed by atoms with E-state index in [9.17, 15) is 9.59 Å². The van der Waals surface area contributed by atoms with Gasteiger partial charge in [0.2, 0.25) is 0 Å². The van der Waals surface area contributed by atoms with Gasteiger partial charge in [0, 0.05) is 11.3 Å². The smallest absolute Gasteiger partial charge is 0.310 e. The van der Waals surface area contributed by atoms with E-state index in [1.807, 2.05) is 31.2 Å². The number of hydrogen-bond donors (Lipinski definition) is 1. The van der Waals surface area contributed by atoms with E-state index >= 15 is 0 Å². The van der Waals surface area contributed by atoms with Gasteiger partial charge in [-0.15, -0.1) is 0 Å². The molecule has 0 aliphatic heterocycles. The number of amides is 1. The summed E-state index contributed by atoms with van der Waals surface area (Å²) in [5, 5.41) is 3.12. The minimum absolute atomic E-state index is 0.152. The molecule has 4 nitrogen and oxygen atoms in total. The normalized spacial score (nSPS) is 10.9. The molecule has 0 unspecified atom stereocenters. The SMILES string of the molecule is CCOC(=O)Cc1c(C)c(CC)c(CC(C)C)c(C)c1NC(=O)c1ccc(C)cc1. The van der Waals surface area contributed by atoms with E-state index in [0.29, 0.717) is 18.1 Å². The Balaban J connectivity index is 2.60. The molecule has 0 radical (unpaired) electrons. The van der Waals surface area contributed by atoms with E-state index < -0.39 is 0 Å². The van der Waals surface area contributed by atoms with E-state index in [-0.39, 0.29) is 18.3 Å². The zero-order chi connectivity index (χ0) is 22.4. The summed E-state index contributed by atoms with van der Waals surface area (Å²) in [5.41, 5.74) is 7.98. The summed E-state index contributed by atoms with van der Waals surface area (Å²) < 4.78 is 5.22. The molecule has 0 atom stereocenters. The first-order valence-corrected chi connectivity index (χ1v) is 10.9. The molecule has 0 saturated carbocycles. The monoisotopic (exact) mass is 409 g/mol. The van der Waals surface area contributed by atoms with E-state index in [4.69, 9.17) is 4.74 Å². The van der Waals surface area contributed by atoms with E-state index in [0.717, 1.165) is 40.8 Å². The summed E-state index contributed by atoms with van der Waals surface area (Å²) >= 11 is 0. The van der Waals surface area contributed by atoms with Gasteiger partial charge in [0.25, 0.3) is 5.91 Å². The molecule has 1 N–H and O–H groups in total. The molecule has 0 aromatic heterocycles. The number of esters is 1. The maximum atomic E-state index is 13.0. The van der Waals surface area contributed by atoms with Gasteiger partial charge in [-0.05, 0) is 86.4 Å². The lowest BCUT2D eigenvalue weighted by Gasteiger charge is -2.24. The number of benzene rings is 2. The van der Waals surface area contributed by atoms with Crippen LogP contribution in [0.25, 0.3) is 0 Å². The largest absolute Gasteiger partial charge is 0.466 e. The average molecular weight is 410 g/mol. The molecule has 0 bridgehead atoms. The molecule has 0 aliphatic rings. The lowest BCUT2D eigenvalue weighted by Crippen LogP contribution is -2.20. The Morgan fingerprint density at radius 3 is 2.10 bits per heavy atom. The highest BCUT2D eigenvalue weighted by molar-refractivity contribution is 6.05. The molecule has 0 spiro atoms. The van der Waals surface area contributed by atoms with Gasteiger partial charge in [0.1, 0.15) is 0 Å². The van der Waals surface area contributed by atoms with Crippen molar-refractivity contribution in [3.63, 3.8) is 0 Å². The van der Waals surface area contributed by atoms with Crippen molar-refractivity contribution in [2.75, 3.05) is 11.9 Å². The molecular formula is C26H35NO3. The average Bonchev–Trinajstić information content (AvgIpc) is 2.69. The van der Waals surface area contributed by atoms with Crippen LogP contribution in [0, 0.1) is 26.7 Å². The Hall–Kier alpha value is -2.62. The molecular weight excluding hydrogens is 374 g/mol. The van der Waals surface area contributed by atoms with Crippen molar-refractivity contribution in [3.8, 4) is 0 Å². The van der Waals surface area contributed by atoms with E-state index in [1.165, 1.54) is 11.1 Å². The van der Waals surface area contributed by atoms with E-state index in [2.05, 4.69) is 39.9 Å². The first kappa shape index (κ1) is 23.7. The maximum Gasteiger partial charge on any atom is 0.310 e. The number of anilines is 1. The first-order chi connectivity index (χ1) is 14.2. The molecule has 0 heterocycles. The topological polar surface area (TPSA) is 55.4 Å². The van der Waals surface area contributed by atoms with E-state index in [1.54, 1.807) is 6.92 Å². The molecule has 2 aromatic carbocycles. The number of rotatable bonds is 8. The molecule has 1 amide bonds. The molecule has 2 rings (SSSR count). The molecule has 30 heavy (non-hydrogen) atoms. The van der Waals surface area contributed by atoms with Crippen molar-refractivity contribution >= 4 is 17.6 Å². The van der Waals surface area contributed by atoms with Gasteiger partial charge in [-0.1, -0.05) is 38.5 Å². The van der Waals surface area contributed by atoms with Crippen molar-refractivity contribution in [1.82, 2.24) is 0 Å². The number of nitrogens with one attached hydrogen (secondary N) is 1. The third-order valence-electron chi connectivity index (χ3n) is 5.54. The summed E-state index contributed by atoms with van der Waals surface area (Å²) in [7, 11) is 0. The number of hydrogen-bond acceptors (Lipinski definition) is 3. The van der Waals surface area contributed by atoms with Gasteiger partial charge in [0.15, 0.2) is 0 Å². The molecule has 162 valence electrons. The molecule has 0 aliphatic carbocycles. The van der Waals surface area contributed by atoms with Crippen LogP contribution in [0.5, 0.6) is 0 Å². The summed E-state index contributed by atoms with van der Waals surface area (Å²) in [6.07, 6.45) is 1.97. The van der Waals surface area contributed by atoms with Crippen LogP contribution in [0.3, 0.4) is 0 Å². The van der Waals surface area contributed by atoms with Crippen LogP contribution in [-0.2, 0) is 28.8 Å². The zero-order valence-electron chi connectivity index (χ0n) is 19.4. The summed E-state index contributed by atoms with van der Waals surface area (Å²) in [5.74, 6) is 0.0526. The predicted molar refractivity (Wildman–Crippen MR) is 123 cm³/mol. The van der Waals surface area contributed by atoms with Gasteiger partial charge in [-0.2, -0.15) is 0 Å². The first-order valence-electron chi connectivity index (χ1n) is 10.9. The minimum atomic E-state index is -0.274. The van der Waals surface area contributed by atoms with Crippen molar-refractivity contribution in [2.24, 2.45) is 5.92 Å². The predicted octanol–water partition coefficient (Wildman–Crippen LogP) is 5.73. The number of aryl methyl sites for hydroxylation is 1. The van der Waals surface area contributed by atoms with Gasteiger partial charge in [-0.3, -0.25) is 9.59 Å². The van der Waals surface area contributed by atoms with Crippen molar-refractivity contribution in [1.29, 1.82) is 0 Å². The van der Waals surface area contributed by atoms with Crippen molar-refractivity contribution < 1.29 is 14.3 Å². The Bertz CT molecular complexity index is 911. The Labute approximate surface area is 181 Å². The van der Waals surface area contributed by atoms with Gasteiger partial charge in [-0.25, -0.2) is 0 Å². The summed E-state index contributed by atoms with van der Waals surface area (Å²) in [6, 6.07) is 7.51. The fourth-order valence-corrected chi connectivity index (χ4v) is 4.00. The van der Waals surface area contributed by atoms with Crippen molar-refractivity contribution in [2.45, 2.75) is 67.7 Å². The summed E-state index contributed by atoms with van der Waals surface area (Å²) in [6.45, 7) is 14.8. The minimum Gasteiger partial charge on any atom is -0.466 e. The van der Waals surface area contributed by atoms with Crippen LogP contribution < -0.4 is 5.32 Å². The second kappa shape index (κ2) is 10.4.